The van der Waals surface area contributed by atoms with E-state index < -0.39 is 0 Å². The average molecular weight is 373 g/mol. The number of hydrogen-bond donors (Lipinski definition) is 2. The molecule has 7 nitrogen and oxygen atoms in total. The van der Waals surface area contributed by atoms with Crippen LogP contribution < -0.4 is 10.6 Å². The van der Waals surface area contributed by atoms with Crippen molar-refractivity contribution >= 4 is 17.9 Å². The summed E-state index contributed by atoms with van der Waals surface area (Å²) < 4.78 is 18.7. The summed E-state index contributed by atoms with van der Waals surface area (Å²) in [7, 11) is 0. The van der Waals surface area contributed by atoms with E-state index in [1.807, 2.05) is 0 Å². The lowest BCUT2D eigenvalue weighted by Crippen LogP contribution is -2.42. The van der Waals surface area contributed by atoms with Gasteiger partial charge in [-0.3, -0.25) is 0 Å². The number of amides is 1. The number of anilines is 2. The van der Waals surface area contributed by atoms with Crippen LogP contribution in [0.1, 0.15) is 25.3 Å². The van der Waals surface area contributed by atoms with Crippen LogP contribution in [0.2, 0.25) is 0 Å². The molecule has 27 heavy (non-hydrogen) atoms. The molecule has 0 saturated carbocycles. The zero-order valence-corrected chi connectivity index (χ0v) is 15.3. The molecule has 8 heteroatoms. The van der Waals surface area contributed by atoms with Crippen molar-refractivity contribution in [3.8, 4) is 0 Å². The van der Waals surface area contributed by atoms with E-state index in [1.165, 1.54) is 6.07 Å². The Morgan fingerprint density at radius 2 is 2.07 bits per heavy atom. The van der Waals surface area contributed by atoms with Crippen LogP contribution in [0.3, 0.4) is 0 Å². The Bertz CT molecular complexity index is 765. The van der Waals surface area contributed by atoms with E-state index in [0.717, 1.165) is 12.8 Å². The van der Waals surface area contributed by atoms with Crippen LogP contribution >= 0.6 is 0 Å². The zero-order valence-electron chi connectivity index (χ0n) is 15.3. The summed E-state index contributed by atoms with van der Waals surface area (Å²) in [5, 5.41) is 6.42. The van der Waals surface area contributed by atoms with Crippen LogP contribution in [0.25, 0.3) is 0 Å². The van der Waals surface area contributed by atoms with Gasteiger partial charge in [0, 0.05) is 37.4 Å². The number of nitrogens with one attached hydrogen (secondary N) is 2. The smallest absolute Gasteiger partial charge is 0.409 e. The van der Waals surface area contributed by atoms with Crippen LogP contribution in [0, 0.1) is 5.82 Å². The summed E-state index contributed by atoms with van der Waals surface area (Å²) in [5.41, 5.74) is 0.561. The number of rotatable bonds is 6. The van der Waals surface area contributed by atoms with Gasteiger partial charge in [0.2, 0.25) is 5.95 Å². The van der Waals surface area contributed by atoms with Crippen LogP contribution in [0.5, 0.6) is 0 Å². The normalized spacial score (nSPS) is 14.7. The molecule has 1 aliphatic rings. The Kier molecular flexibility index (Phi) is 6.40. The van der Waals surface area contributed by atoms with Gasteiger partial charge in [-0.2, -0.15) is 4.98 Å². The number of carbonyl (C=O) groups is 1. The van der Waals surface area contributed by atoms with E-state index in [4.69, 9.17) is 4.74 Å². The number of halogens is 1. The minimum atomic E-state index is -0.257. The first-order valence-electron chi connectivity index (χ1n) is 9.14. The molecule has 1 fully saturated rings. The number of carbonyl (C=O) groups excluding carboxylic acids is 1. The van der Waals surface area contributed by atoms with E-state index in [1.54, 1.807) is 42.3 Å². The molecule has 0 atom stereocenters. The molecule has 1 saturated heterocycles. The Hall–Kier alpha value is -2.90. The van der Waals surface area contributed by atoms with Crippen molar-refractivity contribution in [3.63, 3.8) is 0 Å². The van der Waals surface area contributed by atoms with E-state index in [9.17, 15) is 9.18 Å². The molecule has 2 heterocycles. The molecule has 2 N–H and O–H groups in total. The van der Waals surface area contributed by atoms with Crippen LogP contribution in [0.4, 0.5) is 21.0 Å². The molecule has 1 amide bonds. The highest BCUT2D eigenvalue weighted by atomic mass is 19.1. The summed E-state index contributed by atoms with van der Waals surface area (Å²) in [6.45, 7) is 3.81. The topological polar surface area (TPSA) is 79.4 Å². The fourth-order valence-electron chi connectivity index (χ4n) is 2.97. The van der Waals surface area contributed by atoms with Crippen LogP contribution in [-0.2, 0) is 11.3 Å². The van der Waals surface area contributed by atoms with Gasteiger partial charge in [0.05, 0.1) is 6.61 Å². The number of likely N-dealkylation sites (tertiary alicyclic amines) is 1. The van der Waals surface area contributed by atoms with Crippen molar-refractivity contribution in [3.05, 3.63) is 47.9 Å². The van der Waals surface area contributed by atoms with Gasteiger partial charge in [0.25, 0.3) is 0 Å². The molecule has 0 aliphatic carbocycles. The van der Waals surface area contributed by atoms with Gasteiger partial charge in [0.15, 0.2) is 0 Å². The number of nitrogens with zero attached hydrogens (tertiary/aromatic N) is 3. The average Bonchev–Trinajstić information content (AvgIpc) is 2.68. The van der Waals surface area contributed by atoms with Crippen LogP contribution in [-0.4, -0.2) is 46.7 Å². The van der Waals surface area contributed by atoms with Gasteiger partial charge >= 0.3 is 6.09 Å². The second-order valence-electron chi connectivity index (χ2n) is 6.32. The predicted molar refractivity (Wildman–Crippen MR) is 101 cm³/mol. The van der Waals surface area contributed by atoms with Gasteiger partial charge in [-0.15, -0.1) is 0 Å². The van der Waals surface area contributed by atoms with E-state index in [2.05, 4.69) is 20.6 Å². The summed E-state index contributed by atoms with van der Waals surface area (Å²) in [5.74, 6) is 0.885. The fourth-order valence-corrected chi connectivity index (χ4v) is 2.97. The van der Waals surface area contributed by atoms with Crippen molar-refractivity contribution < 1.29 is 13.9 Å². The van der Waals surface area contributed by atoms with E-state index in [0.29, 0.717) is 43.6 Å². The predicted octanol–water partition coefficient (Wildman–Crippen LogP) is 3.26. The Morgan fingerprint density at radius 1 is 1.30 bits per heavy atom. The first kappa shape index (κ1) is 18.9. The Labute approximate surface area is 158 Å². The largest absolute Gasteiger partial charge is 0.450 e. The summed E-state index contributed by atoms with van der Waals surface area (Å²) in [6.07, 6.45) is 3.05. The Morgan fingerprint density at radius 3 is 2.81 bits per heavy atom. The van der Waals surface area contributed by atoms with Gasteiger partial charge in [-0.25, -0.2) is 14.2 Å². The highest BCUT2D eigenvalue weighted by Gasteiger charge is 2.23. The molecule has 1 aromatic carbocycles. The Balaban J connectivity index is 1.51. The molecule has 0 bridgehead atoms. The van der Waals surface area contributed by atoms with E-state index in [-0.39, 0.29) is 18.0 Å². The summed E-state index contributed by atoms with van der Waals surface area (Å²) in [6, 6.07) is 8.63. The minimum Gasteiger partial charge on any atom is -0.450 e. The summed E-state index contributed by atoms with van der Waals surface area (Å²) >= 11 is 0. The van der Waals surface area contributed by atoms with Gasteiger partial charge in [0.1, 0.15) is 11.6 Å². The van der Waals surface area contributed by atoms with E-state index >= 15 is 0 Å². The molecular weight excluding hydrogens is 349 g/mol. The maximum absolute atomic E-state index is 13.7. The fraction of sp³-hybridized carbons (Fsp3) is 0.421. The number of aromatic nitrogens is 2. The van der Waals surface area contributed by atoms with Crippen molar-refractivity contribution in [1.29, 1.82) is 0 Å². The molecule has 2 aromatic rings. The maximum atomic E-state index is 13.7. The third kappa shape index (κ3) is 5.29. The lowest BCUT2D eigenvalue weighted by atomic mass is 10.1. The zero-order chi connectivity index (χ0) is 19.1. The van der Waals surface area contributed by atoms with Crippen molar-refractivity contribution in [1.82, 2.24) is 14.9 Å². The first-order chi connectivity index (χ1) is 13.2. The SMILES string of the molecule is CCOC(=O)N1CCC(Nc2ccnc(NCc3ccccc3F)n2)CC1. The number of benzene rings is 1. The number of piperidine rings is 1. The lowest BCUT2D eigenvalue weighted by molar-refractivity contribution is 0.0983. The summed E-state index contributed by atoms with van der Waals surface area (Å²) in [4.78, 5) is 22.1. The maximum Gasteiger partial charge on any atom is 0.409 e. The molecule has 0 unspecified atom stereocenters. The van der Waals surface area contributed by atoms with Crippen LogP contribution in [0.15, 0.2) is 36.5 Å². The quantitative estimate of drug-likeness (QED) is 0.809. The molecule has 1 aromatic heterocycles. The van der Waals surface area contributed by atoms with Gasteiger partial charge in [-0.1, -0.05) is 18.2 Å². The van der Waals surface area contributed by atoms with Crippen molar-refractivity contribution in [2.24, 2.45) is 0 Å². The molecule has 1 aliphatic heterocycles. The number of hydrogen-bond acceptors (Lipinski definition) is 6. The highest BCUT2D eigenvalue weighted by molar-refractivity contribution is 5.67. The molecule has 144 valence electrons. The van der Waals surface area contributed by atoms with Gasteiger partial charge < -0.3 is 20.3 Å². The van der Waals surface area contributed by atoms with Gasteiger partial charge in [-0.05, 0) is 31.9 Å². The molecule has 0 radical (unpaired) electrons. The first-order valence-corrected chi connectivity index (χ1v) is 9.14. The monoisotopic (exact) mass is 373 g/mol. The molecule has 0 spiro atoms. The third-order valence-electron chi connectivity index (χ3n) is 4.42. The number of ether oxygens (including phenoxy) is 1. The highest BCUT2D eigenvalue weighted by Crippen LogP contribution is 2.17. The lowest BCUT2D eigenvalue weighted by Gasteiger charge is -2.31. The standard InChI is InChI=1S/C19H24FN5O2/c1-2-27-19(26)25-11-8-15(9-12-25)23-17-7-10-21-18(24-17)22-13-14-5-3-4-6-16(14)20/h3-7,10,15H,2,8-9,11-13H2,1H3,(H2,21,22,23,24). The molecule has 3 rings (SSSR count). The molecular formula is C19H24FN5O2. The third-order valence-corrected chi connectivity index (χ3v) is 4.42. The second-order valence-corrected chi connectivity index (χ2v) is 6.32. The second kappa shape index (κ2) is 9.16. The van der Waals surface area contributed by atoms with Crippen molar-refractivity contribution in [2.45, 2.75) is 32.4 Å². The minimum absolute atomic E-state index is 0.227. The van der Waals surface area contributed by atoms with Crippen molar-refractivity contribution in [2.75, 3.05) is 30.3 Å².